The first kappa shape index (κ1) is 17.9. The van der Waals surface area contributed by atoms with Crippen LogP contribution in [-0.4, -0.2) is 22.7 Å². The zero-order valence-corrected chi connectivity index (χ0v) is 16.4. The standard InChI is InChI=1S/C18H14BrClN2O2S/c1-24-17-5-3-12(2-4-16(23)18-7-14(19)11-25-18)6-13(17)9-22-10-15(20)8-21-22/h2-8,10-11H,9H2,1H3/b4-2+. The summed E-state index contributed by atoms with van der Waals surface area (Å²) >= 11 is 10.7. The van der Waals surface area contributed by atoms with E-state index in [1.807, 2.05) is 29.6 Å². The van der Waals surface area contributed by atoms with Crippen LogP contribution in [0.4, 0.5) is 0 Å². The van der Waals surface area contributed by atoms with E-state index >= 15 is 0 Å². The molecule has 0 aliphatic heterocycles. The number of ketones is 1. The average Bonchev–Trinajstić information content (AvgIpc) is 3.21. The number of hydrogen-bond donors (Lipinski definition) is 0. The number of methoxy groups -OCH3 is 1. The molecule has 4 nitrogen and oxygen atoms in total. The van der Waals surface area contributed by atoms with Crippen LogP contribution in [0.25, 0.3) is 6.08 Å². The van der Waals surface area contributed by atoms with Crippen molar-refractivity contribution in [1.82, 2.24) is 9.78 Å². The van der Waals surface area contributed by atoms with E-state index in [4.69, 9.17) is 16.3 Å². The fourth-order valence-electron chi connectivity index (χ4n) is 2.32. The van der Waals surface area contributed by atoms with E-state index in [0.717, 1.165) is 21.3 Å². The molecule has 7 heteroatoms. The van der Waals surface area contributed by atoms with Crippen LogP contribution in [-0.2, 0) is 6.54 Å². The van der Waals surface area contributed by atoms with Crippen molar-refractivity contribution >= 4 is 50.7 Å². The van der Waals surface area contributed by atoms with Gasteiger partial charge >= 0.3 is 0 Å². The largest absolute Gasteiger partial charge is 0.496 e. The summed E-state index contributed by atoms with van der Waals surface area (Å²) in [7, 11) is 1.63. The number of aromatic nitrogens is 2. The molecule has 2 heterocycles. The van der Waals surface area contributed by atoms with Gasteiger partial charge in [-0.05, 0) is 45.8 Å². The molecule has 3 aromatic rings. The zero-order chi connectivity index (χ0) is 17.8. The Bertz CT molecular complexity index is 933. The highest BCUT2D eigenvalue weighted by molar-refractivity contribution is 9.10. The van der Waals surface area contributed by atoms with Crippen molar-refractivity contribution in [3.05, 3.63) is 73.6 Å². The predicted octanol–water partition coefficient (Wildman–Crippen LogP) is 5.31. The molecule has 2 aromatic heterocycles. The Morgan fingerprint density at radius 1 is 1.44 bits per heavy atom. The number of halogens is 2. The van der Waals surface area contributed by atoms with Gasteiger partial charge in [0, 0.05) is 21.6 Å². The van der Waals surface area contributed by atoms with Gasteiger partial charge in [0.1, 0.15) is 5.75 Å². The number of thiophene rings is 1. The number of allylic oxidation sites excluding steroid dienone is 1. The van der Waals surface area contributed by atoms with Crippen molar-refractivity contribution in [3.8, 4) is 5.75 Å². The van der Waals surface area contributed by atoms with E-state index in [0.29, 0.717) is 16.4 Å². The molecule has 0 atom stereocenters. The third kappa shape index (κ3) is 4.60. The summed E-state index contributed by atoms with van der Waals surface area (Å²) in [5.41, 5.74) is 1.87. The van der Waals surface area contributed by atoms with Gasteiger partial charge in [0.05, 0.1) is 29.8 Å². The summed E-state index contributed by atoms with van der Waals surface area (Å²) in [6.45, 7) is 0.531. The molecule has 0 N–H and O–H groups in total. The molecule has 0 fully saturated rings. The summed E-state index contributed by atoms with van der Waals surface area (Å²) in [5, 5.41) is 6.66. The first-order chi connectivity index (χ1) is 12.0. The lowest BCUT2D eigenvalue weighted by Crippen LogP contribution is -2.02. The summed E-state index contributed by atoms with van der Waals surface area (Å²) in [6, 6.07) is 7.58. The normalized spacial score (nSPS) is 11.2. The Labute approximate surface area is 162 Å². The Morgan fingerprint density at radius 3 is 2.92 bits per heavy atom. The van der Waals surface area contributed by atoms with Gasteiger partial charge in [-0.25, -0.2) is 0 Å². The minimum Gasteiger partial charge on any atom is -0.496 e. The number of benzene rings is 1. The average molecular weight is 438 g/mol. The minimum atomic E-state index is -0.0214. The van der Waals surface area contributed by atoms with Crippen LogP contribution in [0.15, 0.2) is 52.6 Å². The number of hydrogen-bond acceptors (Lipinski definition) is 4. The van der Waals surface area contributed by atoms with Gasteiger partial charge < -0.3 is 4.74 Å². The Kier molecular flexibility index (Phi) is 5.73. The molecule has 0 aliphatic carbocycles. The van der Waals surface area contributed by atoms with Gasteiger partial charge in [-0.2, -0.15) is 5.10 Å². The first-order valence-corrected chi connectivity index (χ1v) is 9.41. The minimum absolute atomic E-state index is 0.0214. The van der Waals surface area contributed by atoms with E-state index in [9.17, 15) is 4.79 Å². The third-order valence-corrected chi connectivity index (χ3v) is 5.38. The van der Waals surface area contributed by atoms with Crippen molar-refractivity contribution in [1.29, 1.82) is 0 Å². The van der Waals surface area contributed by atoms with Crippen LogP contribution in [0.3, 0.4) is 0 Å². The highest BCUT2D eigenvalue weighted by Crippen LogP contribution is 2.23. The fourth-order valence-corrected chi connectivity index (χ4v) is 3.83. The first-order valence-electron chi connectivity index (χ1n) is 7.36. The van der Waals surface area contributed by atoms with Crippen LogP contribution in [0, 0.1) is 0 Å². The van der Waals surface area contributed by atoms with E-state index in [-0.39, 0.29) is 5.78 Å². The van der Waals surface area contributed by atoms with Gasteiger partial charge in [0.25, 0.3) is 0 Å². The van der Waals surface area contributed by atoms with Crippen LogP contribution >= 0.6 is 38.9 Å². The summed E-state index contributed by atoms with van der Waals surface area (Å²) in [4.78, 5) is 12.9. The van der Waals surface area contributed by atoms with Crippen LogP contribution in [0.5, 0.6) is 5.75 Å². The van der Waals surface area contributed by atoms with Crippen molar-refractivity contribution in [2.75, 3.05) is 7.11 Å². The SMILES string of the molecule is COc1ccc(/C=C/C(=O)c2cc(Br)cs2)cc1Cn1cc(Cl)cn1. The molecule has 25 heavy (non-hydrogen) atoms. The van der Waals surface area contributed by atoms with Gasteiger partial charge in [-0.1, -0.05) is 23.7 Å². The zero-order valence-electron chi connectivity index (χ0n) is 13.3. The monoisotopic (exact) mass is 436 g/mol. The van der Waals surface area contributed by atoms with E-state index < -0.39 is 0 Å². The van der Waals surface area contributed by atoms with Gasteiger partial charge in [-0.15, -0.1) is 11.3 Å². The smallest absolute Gasteiger partial charge is 0.195 e. The maximum Gasteiger partial charge on any atom is 0.195 e. The van der Waals surface area contributed by atoms with Crippen molar-refractivity contribution in [2.45, 2.75) is 6.54 Å². The second kappa shape index (κ2) is 7.99. The predicted molar refractivity (Wildman–Crippen MR) is 105 cm³/mol. The van der Waals surface area contributed by atoms with E-state index in [1.165, 1.54) is 11.3 Å². The lowest BCUT2D eigenvalue weighted by atomic mass is 10.1. The molecule has 0 unspecified atom stereocenters. The molecule has 128 valence electrons. The molecule has 0 bridgehead atoms. The lowest BCUT2D eigenvalue weighted by Gasteiger charge is -2.09. The summed E-state index contributed by atoms with van der Waals surface area (Å²) in [6.07, 6.45) is 6.72. The molecule has 0 radical (unpaired) electrons. The molecular formula is C18H14BrClN2O2S. The van der Waals surface area contributed by atoms with Crippen molar-refractivity contribution in [2.24, 2.45) is 0 Å². The van der Waals surface area contributed by atoms with Crippen LogP contribution < -0.4 is 4.74 Å². The third-order valence-electron chi connectivity index (χ3n) is 3.48. The van der Waals surface area contributed by atoms with Gasteiger partial charge in [0.15, 0.2) is 5.78 Å². The number of ether oxygens (including phenoxy) is 1. The number of nitrogens with zero attached hydrogens (tertiary/aromatic N) is 2. The molecule has 0 aliphatic rings. The van der Waals surface area contributed by atoms with Gasteiger partial charge in [-0.3, -0.25) is 9.48 Å². The quantitative estimate of drug-likeness (QED) is 0.387. The van der Waals surface area contributed by atoms with E-state index in [2.05, 4.69) is 21.0 Å². The second-order valence-corrected chi connectivity index (χ2v) is 7.52. The van der Waals surface area contributed by atoms with Crippen LogP contribution in [0.1, 0.15) is 20.8 Å². The molecule has 0 amide bonds. The second-order valence-electron chi connectivity index (χ2n) is 5.25. The van der Waals surface area contributed by atoms with E-state index in [1.54, 1.807) is 36.3 Å². The fraction of sp³-hybridized carbons (Fsp3) is 0.111. The van der Waals surface area contributed by atoms with Crippen LogP contribution in [0.2, 0.25) is 5.02 Å². The lowest BCUT2D eigenvalue weighted by molar-refractivity contribution is 0.105. The molecule has 0 saturated heterocycles. The highest BCUT2D eigenvalue weighted by Gasteiger charge is 2.07. The van der Waals surface area contributed by atoms with Gasteiger partial charge in [0.2, 0.25) is 0 Å². The maximum absolute atomic E-state index is 12.2. The van der Waals surface area contributed by atoms with Crippen molar-refractivity contribution < 1.29 is 9.53 Å². The molecule has 0 saturated carbocycles. The summed E-state index contributed by atoms with van der Waals surface area (Å²) < 4.78 is 8.06. The topological polar surface area (TPSA) is 44.1 Å². The summed E-state index contributed by atoms with van der Waals surface area (Å²) in [5.74, 6) is 0.740. The Morgan fingerprint density at radius 2 is 2.28 bits per heavy atom. The molecule has 3 rings (SSSR count). The highest BCUT2D eigenvalue weighted by atomic mass is 79.9. The number of carbonyl (C=O) groups excluding carboxylic acids is 1. The molecule has 1 aromatic carbocycles. The molecular weight excluding hydrogens is 424 g/mol. The molecule has 0 spiro atoms. The Balaban J connectivity index is 1.81. The van der Waals surface area contributed by atoms with Crippen molar-refractivity contribution in [3.63, 3.8) is 0 Å². The number of rotatable bonds is 6. The maximum atomic E-state index is 12.2. The Hall–Kier alpha value is -1.89. The number of carbonyl (C=O) groups is 1.